The summed E-state index contributed by atoms with van der Waals surface area (Å²) in [5, 5.41) is 11.0. The molecular weight excluding hydrogens is 192 g/mol. The van der Waals surface area contributed by atoms with Crippen molar-refractivity contribution in [2.45, 2.75) is 52.9 Å². The lowest BCUT2D eigenvalue weighted by Crippen LogP contribution is -2.43. The van der Waals surface area contributed by atoms with Gasteiger partial charge in [-0.25, -0.2) is 0 Å². The van der Waals surface area contributed by atoms with E-state index in [-0.39, 0.29) is 6.61 Å². The fourth-order valence-corrected chi connectivity index (χ4v) is 1.34. The molecule has 0 amide bonds. The van der Waals surface area contributed by atoms with Crippen LogP contribution in [0.5, 0.6) is 0 Å². The molecule has 0 fully saturated rings. The van der Waals surface area contributed by atoms with Gasteiger partial charge in [-0.1, -0.05) is 40.0 Å². The van der Waals surface area contributed by atoms with Gasteiger partial charge in [0.1, 0.15) is 0 Å². The van der Waals surface area contributed by atoms with Crippen molar-refractivity contribution in [3.05, 3.63) is 0 Å². The first-order chi connectivity index (χ1) is 7.06. The van der Waals surface area contributed by atoms with Crippen molar-refractivity contribution >= 4 is 5.97 Å². The maximum absolute atomic E-state index is 11.0. The van der Waals surface area contributed by atoms with E-state index in [2.05, 4.69) is 6.92 Å². The Morgan fingerprint density at radius 3 is 2.33 bits per heavy atom. The zero-order valence-corrected chi connectivity index (χ0v) is 10.2. The Labute approximate surface area is 92.8 Å². The zero-order valence-electron chi connectivity index (χ0n) is 10.2. The number of carboxylic acid groups (broad SMARTS) is 1. The minimum atomic E-state index is -0.993. The topological polar surface area (TPSA) is 49.4 Å². The molecule has 0 aliphatic carbocycles. The van der Waals surface area contributed by atoms with Crippen LogP contribution in [0.25, 0.3) is 0 Å². The molecule has 0 heterocycles. The van der Waals surface area contributed by atoms with Gasteiger partial charge in [0.15, 0.2) is 0 Å². The molecule has 0 bridgehead atoms. The summed E-state index contributed by atoms with van der Waals surface area (Å²) in [6, 6.07) is 0. The van der Waals surface area contributed by atoms with Crippen molar-refractivity contribution in [1.29, 1.82) is 0 Å². The highest BCUT2D eigenvalue weighted by molar-refractivity contribution is 5.72. The maximum atomic E-state index is 11.0. The van der Waals surface area contributed by atoms with E-state index in [0.717, 1.165) is 25.7 Å². The molecule has 0 saturated carbocycles. The van der Waals surface area contributed by atoms with E-state index < -0.39 is 11.4 Å². The normalized spacial score (nSPS) is 14.9. The third-order valence-corrected chi connectivity index (χ3v) is 2.64. The van der Waals surface area contributed by atoms with Crippen molar-refractivity contribution in [1.82, 2.24) is 0 Å². The number of carboxylic acids is 1. The minimum Gasteiger partial charge on any atom is -0.549 e. The highest BCUT2D eigenvalue weighted by atomic mass is 16.5. The summed E-state index contributed by atoms with van der Waals surface area (Å²) in [6.45, 7) is 6.76. The third-order valence-electron chi connectivity index (χ3n) is 2.64. The largest absolute Gasteiger partial charge is 0.549 e. The van der Waals surface area contributed by atoms with Gasteiger partial charge in [-0.3, -0.25) is 0 Å². The molecule has 0 spiro atoms. The van der Waals surface area contributed by atoms with Gasteiger partial charge >= 0.3 is 0 Å². The first-order valence-corrected chi connectivity index (χ1v) is 5.86. The van der Waals surface area contributed by atoms with Crippen molar-refractivity contribution in [2.75, 3.05) is 13.2 Å². The van der Waals surface area contributed by atoms with Gasteiger partial charge < -0.3 is 14.6 Å². The first-order valence-electron chi connectivity index (χ1n) is 5.86. The number of ether oxygens (including phenoxy) is 1. The van der Waals surface area contributed by atoms with Crippen molar-refractivity contribution in [2.24, 2.45) is 5.41 Å². The van der Waals surface area contributed by atoms with E-state index in [1.165, 1.54) is 0 Å². The molecule has 0 N–H and O–H groups in total. The lowest BCUT2D eigenvalue weighted by molar-refractivity contribution is -0.320. The number of carbonyl (C=O) groups excluding carboxylic acids is 1. The lowest BCUT2D eigenvalue weighted by Gasteiger charge is -2.30. The molecule has 0 aromatic carbocycles. The molecule has 0 rings (SSSR count). The average Bonchev–Trinajstić information content (AvgIpc) is 2.21. The Balaban J connectivity index is 3.96. The summed E-state index contributed by atoms with van der Waals surface area (Å²) in [7, 11) is 0. The minimum absolute atomic E-state index is 0.273. The Hall–Kier alpha value is -0.570. The molecule has 0 aromatic heterocycles. The second kappa shape index (κ2) is 7.69. The summed E-state index contributed by atoms with van der Waals surface area (Å²) >= 11 is 0. The van der Waals surface area contributed by atoms with Crippen LogP contribution in [0.3, 0.4) is 0 Å². The molecule has 0 radical (unpaired) electrons. The van der Waals surface area contributed by atoms with Crippen molar-refractivity contribution in [3.63, 3.8) is 0 Å². The molecule has 0 saturated heterocycles. The van der Waals surface area contributed by atoms with Gasteiger partial charge in [-0.15, -0.1) is 0 Å². The molecule has 1 atom stereocenters. The molecule has 0 aromatic rings. The lowest BCUT2D eigenvalue weighted by atomic mass is 9.86. The van der Waals surface area contributed by atoms with Crippen LogP contribution >= 0.6 is 0 Å². The van der Waals surface area contributed by atoms with E-state index in [9.17, 15) is 9.90 Å². The maximum Gasteiger partial charge on any atom is 0.0572 e. The summed E-state index contributed by atoms with van der Waals surface area (Å²) in [4.78, 5) is 11.0. The zero-order chi connectivity index (χ0) is 11.7. The van der Waals surface area contributed by atoms with Gasteiger partial charge in [-0.2, -0.15) is 0 Å². The van der Waals surface area contributed by atoms with Gasteiger partial charge in [0.2, 0.25) is 0 Å². The van der Waals surface area contributed by atoms with Crippen LogP contribution in [0.15, 0.2) is 0 Å². The SMILES string of the molecule is CCCCOCC(C)(CCCC)C(=O)[O-]. The number of aliphatic carboxylic acids is 1. The van der Waals surface area contributed by atoms with Gasteiger partial charge in [-0.05, 0) is 12.8 Å². The van der Waals surface area contributed by atoms with E-state index in [1.54, 1.807) is 6.92 Å². The standard InChI is InChI=1S/C12H24O3/c1-4-6-8-12(3,11(13)14)10-15-9-7-5-2/h4-10H2,1-3H3,(H,13,14)/p-1. The Kier molecular flexibility index (Phi) is 7.39. The second-order valence-electron chi connectivity index (χ2n) is 4.36. The molecule has 3 nitrogen and oxygen atoms in total. The highest BCUT2D eigenvalue weighted by Crippen LogP contribution is 2.24. The van der Waals surface area contributed by atoms with E-state index in [1.807, 2.05) is 6.92 Å². The fraction of sp³-hybridized carbons (Fsp3) is 0.917. The summed E-state index contributed by atoms with van der Waals surface area (Å²) < 4.78 is 5.38. The number of hydrogen-bond acceptors (Lipinski definition) is 3. The molecule has 15 heavy (non-hydrogen) atoms. The Morgan fingerprint density at radius 2 is 1.87 bits per heavy atom. The molecular formula is C12H23O3-. The van der Waals surface area contributed by atoms with E-state index >= 15 is 0 Å². The van der Waals surface area contributed by atoms with Crippen LogP contribution in [0.2, 0.25) is 0 Å². The summed E-state index contributed by atoms with van der Waals surface area (Å²) in [5.41, 5.74) is -0.816. The van der Waals surface area contributed by atoms with Gasteiger partial charge in [0.05, 0.1) is 6.61 Å². The summed E-state index contributed by atoms with van der Waals surface area (Å²) in [6.07, 6.45) is 4.59. The molecule has 0 aliphatic heterocycles. The average molecular weight is 215 g/mol. The van der Waals surface area contributed by atoms with Gasteiger partial charge in [0, 0.05) is 18.0 Å². The Bertz CT molecular complexity index is 180. The predicted octanol–water partition coefficient (Wildman–Crippen LogP) is 1.75. The molecule has 3 heteroatoms. The van der Waals surface area contributed by atoms with Crippen molar-refractivity contribution < 1.29 is 14.6 Å². The number of hydrogen-bond donors (Lipinski definition) is 0. The number of unbranched alkanes of at least 4 members (excludes halogenated alkanes) is 2. The van der Waals surface area contributed by atoms with Crippen LogP contribution in [-0.4, -0.2) is 19.2 Å². The first kappa shape index (κ1) is 14.4. The van der Waals surface area contributed by atoms with Gasteiger partial charge in [0.25, 0.3) is 0 Å². The molecule has 0 aliphatic rings. The monoisotopic (exact) mass is 215 g/mol. The predicted molar refractivity (Wildman–Crippen MR) is 58.4 cm³/mol. The number of rotatable bonds is 9. The molecule has 1 unspecified atom stereocenters. The third kappa shape index (κ3) is 5.78. The molecule has 90 valence electrons. The van der Waals surface area contributed by atoms with Crippen molar-refractivity contribution in [3.8, 4) is 0 Å². The van der Waals surface area contributed by atoms with Crippen LogP contribution in [0.4, 0.5) is 0 Å². The highest BCUT2D eigenvalue weighted by Gasteiger charge is 2.25. The smallest absolute Gasteiger partial charge is 0.0572 e. The summed E-state index contributed by atoms with van der Waals surface area (Å²) in [5.74, 6) is -0.993. The second-order valence-corrected chi connectivity index (χ2v) is 4.36. The Morgan fingerprint density at radius 1 is 1.27 bits per heavy atom. The fourth-order valence-electron chi connectivity index (χ4n) is 1.34. The van der Waals surface area contributed by atoms with Crippen LogP contribution in [-0.2, 0) is 9.53 Å². The van der Waals surface area contributed by atoms with Crippen LogP contribution < -0.4 is 5.11 Å². The number of carbonyl (C=O) groups is 1. The van der Waals surface area contributed by atoms with E-state index in [4.69, 9.17) is 4.74 Å². The van der Waals surface area contributed by atoms with Crippen LogP contribution in [0, 0.1) is 5.41 Å². The van der Waals surface area contributed by atoms with E-state index in [0.29, 0.717) is 13.0 Å². The van der Waals surface area contributed by atoms with Crippen LogP contribution in [0.1, 0.15) is 52.9 Å². The quantitative estimate of drug-likeness (QED) is 0.550.